The van der Waals surface area contributed by atoms with Gasteiger partial charge in [-0.1, -0.05) is 12.1 Å². The van der Waals surface area contributed by atoms with Crippen molar-refractivity contribution in [2.45, 2.75) is 19.4 Å². The maximum atomic E-state index is 10.6. The molecule has 100 valence electrons. The van der Waals surface area contributed by atoms with Crippen LogP contribution in [0.3, 0.4) is 0 Å². The van der Waals surface area contributed by atoms with Crippen LogP contribution in [-0.2, 0) is 6.54 Å². The van der Waals surface area contributed by atoms with Gasteiger partial charge in [-0.3, -0.25) is 10.1 Å². The van der Waals surface area contributed by atoms with Crippen LogP contribution >= 0.6 is 0 Å². The van der Waals surface area contributed by atoms with Crippen LogP contribution < -0.4 is 5.32 Å². The van der Waals surface area contributed by atoms with Crippen molar-refractivity contribution >= 4 is 5.69 Å². The average molecular weight is 251 g/mol. The van der Waals surface area contributed by atoms with Gasteiger partial charge in [0.1, 0.15) is 0 Å². The smallest absolute Gasteiger partial charge is 0.269 e. The third-order valence-corrected chi connectivity index (χ3v) is 2.66. The van der Waals surface area contributed by atoms with Gasteiger partial charge in [-0.15, -0.1) is 0 Å². The van der Waals surface area contributed by atoms with Gasteiger partial charge in [0.05, 0.1) is 4.92 Å². The first-order valence-electron chi connectivity index (χ1n) is 6.18. The summed E-state index contributed by atoms with van der Waals surface area (Å²) in [6.07, 6.45) is 2.28. The summed E-state index contributed by atoms with van der Waals surface area (Å²) in [5.41, 5.74) is 1.11. The SMILES string of the molecule is CN(C)CCCCNCc1cccc([N+](=O)[O-])c1. The molecule has 5 nitrogen and oxygen atoms in total. The summed E-state index contributed by atoms with van der Waals surface area (Å²) >= 11 is 0. The van der Waals surface area contributed by atoms with Crippen molar-refractivity contribution < 1.29 is 4.92 Å². The van der Waals surface area contributed by atoms with Gasteiger partial charge in [-0.25, -0.2) is 0 Å². The molecule has 1 N–H and O–H groups in total. The van der Waals surface area contributed by atoms with Crippen molar-refractivity contribution in [3.05, 3.63) is 39.9 Å². The van der Waals surface area contributed by atoms with Crippen LogP contribution in [0.4, 0.5) is 5.69 Å². The Bertz CT molecular complexity index is 380. The summed E-state index contributed by atoms with van der Waals surface area (Å²) in [5, 5.41) is 13.9. The number of nitrogens with zero attached hydrogens (tertiary/aromatic N) is 2. The van der Waals surface area contributed by atoms with Crippen LogP contribution in [0.2, 0.25) is 0 Å². The molecule has 1 aromatic carbocycles. The number of benzene rings is 1. The van der Waals surface area contributed by atoms with Crippen LogP contribution in [-0.4, -0.2) is 37.0 Å². The molecule has 0 bridgehead atoms. The fourth-order valence-electron chi connectivity index (χ4n) is 1.69. The normalized spacial score (nSPS) is 10.8. The fourth-order valence-corrected chi connectivity index (χ4v) is 1.69. The topological polar surface area (TPSA) is 58.4 Å². The van der Waals surface area contributed by atoms with Crippen LogP contribution in [0.15, 0.2) is 24.3 Å². The minimum Gasteiger partial charge on any atom is -0.313 e. The minimum absolute atomic E-state index is 0.155. The van der Waals surface area contributed by atoms with Crippen molar-refractivity contribution in [3.8, 4) is 0 Å². The first kappa shape index (κ1) is 14.6. The van der Waals surface area contributed by atoms with Crippen molar-refractivity contribution in [3.63, 3.8) is 0 Å². The van der Waals surface area contributed by atoms with E-state index >= 15 is 0 Å². The molecule has 5 heteroatoms. The van der Waals surface area contributed by atoms with E-state index in [4.69, 9.17) is 0 Å². The standard InChI is InChI=1S/C13H21N3O2/c1-15(2)9-4-3-8-14-11-12-6-5-7-13(10-12)16(17)18/h5-7,10,14H,3-4,8-9,11H2,1-2H3. The zero-order valence-corrected chi connectivity index (χ0v) is 11.1. The molecule has 0 aliphatic carbocycles. The van der Waals surface area contributed by atoms with Crippen molar-refractivity contribution in [2.75, 3.05) is 27.2 Å². The Kier molecular flexibility index (Phi) is 6.32. The number of nitrogens with one attached hydrogen (secondary N) is 1. The molecule has 0 unspecified atom stereocenters. The summed E-state index contributed by atoms with van der Waals surface area (Å²) in [6, 6.07) is 6.76. The van der Waals surface area contributed by atoms with E-state index in [-0.39, 0.29) is 10.6 Å². The van der Waals surface area contributed by atoms with Crippen LogP contribution in [0, 0.1) is 10.1 Å². The molecule has 1 rings (SSSR count). The van der Waals surface area contributed by atoms with E-state index in [1.54, 1.807) is 12.1 Å². The van der Waals surface area contributed by atoms with E-state index in [1.807, 2.05) is 6.07 Å². The number of hydrogen-bond acceptors (Lipinski definition) is 4. The highest BCUT2D eigenvalue weighted by Crippen LogP contribution is 2.12. The van der Waals surface area contributed by atoms with Gasteiger partial charge in [0.25, 0.3) is 5.69 Å². The Morgan fingerprint density at radius 2 is 2.11 bits per heavy atom. The molecule has 18 heavy (non-hydrogen) atoms. The fraction of sp³-hybridized carbons (Fsp3) is 0.538. The Labute approximate surface area is 108 Å². The summed E-state index contributed by atoms with van der Waals surface area (Å²) in [5.74, 6) is 0. The summed E-state index contributed by atoms with van der Waals surface area (Å²) in [6.45, 7) is 2.72. The predicted molar refractivity (Wildman–Crippen MR) is 72.6 cm³/mol. The lowest BCUT2D eigenvalue weighted by Crippen LogP contribution is -2.18. The number of hydrogen-bond donors (Lipinski definition) is 1. The molecule has 0 amide bonds. The molecule has 0 fully saturated rings. The van der Waals surface area contributed by atoms with Gasteiger partial charge in [0.2, 0.25) is 0 Å². The second-order valence-corrected chi connectivity index (χ2v) is 4.61. The molecule has 0 aliphatic heterocycles. The van der Waals surface area contributed by atoms with Gasteiger partial charge in [0.15, 0.2) is 0 Å². The highest BCUT2D eigenvalue weighted by molar-refractivity contribution is 5.34. The summed E-state index contributed by atoms with van der Waals surface area (Å²) in [4.78, 5) is 12.4. The lowest BCUT2D eigenvalue weighted by atomic mass is 10.2. The molecular formula is C13H21N3O2. The van der Waals surface area contributed by atoms with Gasteiger partial charge >= 0.3 is 0 Å². The molecule has 0 radical (unpaired) electrons. The largest absolute Gasteiger partial charge is 0.313 e. The highest BCUT2D eigenvalue weighted by atomic mass is 16.6. The number of non-ortho nitro benzene ring substituents is 1. The van der Waals surface area contributed by atoms with E-state index < -0.39 is 0 Å². The van der Waals surface area contributed by atoms with Crippen molar-refractivity contribution in [2.24, 2.45) is 0 Å². The van der Waals surface area contributed by atoms with E-state index in [2.05, 4.69) is 24.3 Å². The van der Waals surface area contributed by atoms with E-state index in [0.29, 0.717) is 6.54 Å². The van der Waals surface area contributed by atoms with Gasteiger partial charge in [-0.05, 0) is 45.6 Å². The second-order valence-electron chi connectivity index (χ2n) is 4.61. The maximum Gasteiger partial charge on any atom is 0.269 e. The van der Waals surface area contributed by atoms with Gasteiger partial charge < -0.3 is 10.2 Å². The Morgan fingerprint density at radius 1 is 1.33 bits per heavy atom. The lowest BCUT2D eigenvalue weighted by Gasteiger charge is -2.09. The van der Waals surface area contributed by atoms with Crippen molar-refractivity contribution in [1.82, 2.24) is 10.2 Å². The average Bonchev–Trinajstić information content (AvgIpc) is 2.33. The van der Waals surface area contributed by atoms with Crippen LogP contribution in [0.1, 0.15) is 18.4 Å². The monoisotopic (exact) mass is 251 g/mol. The predicted octanol–water partition coefficient (Wildman–Crippen LogP) is 2.03. The molecular weight excluding hydrogens is 230 g/mol. The summed E-state index contributed by atoms with van der Waals surface area (Å²) < 4.78 is 0. The van der Waals surface area contributed by atoms with E-state index in [0.717, 1.165) is 31.5 Å². The van der Waals surface area contributed by atoms with E-state index in [9.17, 15) is 10.1 Å². The highest BCUT2D eigenvalue weighted by Gasteiger charge is 2.04. The molecule has 1 aromatic rings. The van der Waals surface area contributed by atoms with Gasteiger partial charge in [-0.2, -0.15) is 0 Å². The Hall–Kier alpha value is -1.46. The lowest BCUT2D eigenvalue weighted by molar-refractivity contribution is -0.384. The zero-order chi connectivity index (χ0) is 13.4. The first-order valence-corrected chi connectivity index (χ1v) is 6.18. The minimum atomic E-state index is -0.361. The number of unbranched alkanes of at least 4 members (excludes halogenated alkanes) is 1. The Morgan fingerprint density at radius 3 is 2.78 bits per heavy atom. The third-order valence-electron chi connectivity index (χ3n) is 2.66. The summed E-state index contributed by atoms with van der Waals surface area (Å²) in [7, 11) is 4.13. The van der Waals surface area contributed by atoms with Crippen LogP contribution in [0.5, 0.6) is 0 Å². The van der Waals surface area contributed by atoms with E-state index in [1.165, 1.54) is 6.07 Å². The molecule has 0 saturated heterocycles. The third kappa shape index (κ3) is 5.75. The molecule has 0 atom stereocenters. The van der Waals surface area contributed by atoms with Crippen molar-refractivity contribution in [1.29, 1.82) is 0 Å². The number of rotatable bonds is 8. The zero-order valence-electron chi connectivity index (χ0n) is 11.1. The van der Waals surface area contributed by atoms with Crippen LogP contribution in [0.25, 0.3) is 0 Å². The second kappa shape index (κ2) is 7.79. The molecule has 0 saturated carbocycles. The molecule has 0 aliphatic rings. The number of nitro benzene ring substituents is 1. The quantitative estimate of drug-likeness (QED) is 0.436. The molecule has 0 spiro atoms. The van der Waals surface area contributed by atoms with Gasteiger partial charge in [0, 0.05) is 18.7 Å². The molecule has 0 heterocycles. The Balaban J connectivity index is 2.23. The number of nitro groups is 1. The maximum absolute atomic E-state index is 10.6. The molecule has 0 aromatic heterocycles. The first-order chi connectivity index (χ1) is 8.59.